The van der Waals surface area contributed by atoms with Crippen LogP contribution in [0.4, 0.5) is 0 Å². The van der Waals surface area contributed by atoms with Crippen molar-refractivity contribution in [1.82, 2.24) is 15.1 Å². The summed E-state index contributed by atoms with van der Waals surface area (Å²) >= 11 is 0. The summed E-state index contributed by atoms with van der Waals surface area (Å²) in [5.74, 6) is 0.876. The molecular weight excluding hydrogens is 214 g/mol. The molecule has 0 unspecified atom stereocenters. The number of aromatic nitrogens is 2. The second-order valence-corrected chi connectivity index (χ2v) is 3.89. The summed E-state index contributed by atoms with van der Waals surface area (Å²) in [5, 5.41) is 7.37. The van der Waals surface area contributed by atoms with Crippen LogP contribution in [0.15, 0.2) is 30.5 Å². The van der Waals surface area contributed by atoms with Gasteiger partial charge in [-0.2, -0.15) is 5.10 Å². The largest absolute Gasteiger partial charge is 0.497 e. The molecule has 1 N–H and O–H groups in total. The van der Waals surface area contributed by atoms with E-state index in [1.165, 1.54) is 11.1 Å². The Morgan fingerprint density at radius 1 is 1.35 bits per heavy atom. The minimum Gasteiger partial charge on any atom is -0.497 e. The second-order valence-electron chi connectivity index (χ2n) is 3.89. The van der Waals surface area contributed by atoms with Gasteiger partial charge in [0.25, 0.3) is 0 Å². The van der Waals surface area contributed by atoms with E-state index in [4.69, 9.17) is 4.74 Å². The molecule has 0 bridgehead atoms. The minimum absolute atomic E-state index is 0.803. The average Bonchev–Trinajstić information content (AvgIpc) is 2.76. The highest BCUT2D eigenvalue weighted by molar-refractivity contribution is 5.65. The number of hydrogen-bond acceptors (Lipinski definition) is 3. The van der Waals surface area contributed by atoms with E-state index < -0.39 is 0 Å². The third-order valence-corrected chi connectivity index (χ3v) is 2.78. The molecule has 0 aliphatic rings. The molecule has 0 atom stereocenters. The van der Waals surface area contributed by atoms with Crippen molar-refractivity contribution in [2.45, 2.75) is 6.54 Å². The van der Waals surface area contributed by atoms with Gasteiger partial charge in [-0.05, 0) is 36.9 Å². The molecule has 4 heteroatoms. The van der Waals surface area contributed by atoms with Gasteiger partial charge in [-0.1, -0.05) is 0 Å². The van der Waals surface area contributed by atoms with Gasteiger partial charge >= 0.3 is 0 Å². The number of aryl methyl sites for hydroxylation is 1. The molecule has 0 aliphatic heterocycles. The van der Waals surface area contributed by atoms with Crippen LogP contribution in [-0.4, -0.2) is 23.9 Å². The van der Waals surface area contributed by atoms with E-state index in [1.54, 1.807) is 7.11 Å². The summed E-state index contributed by atoms with van der Waals surface area (Å²) in [6, 6.07) is 8.11. The molecule has 0 amide bonds. The third-order valence-electron chi connectivity index (χ3n) is 2.78. The molecular formula is C13H17N3O. The summed E-state index contributed by atoms with van der Waals surface area (Å²) in [6.07, 6.45) is 1.81. The second kappa shape index (κ2) is 5.01. The van der Waals surface area contributed by atoms with Crippen LogP contribution in [0.2, 0.25) is 0 Å². The van der Waals surface area contributed by atoms with E-state index in [2.05, 4.69) is 22.5 Å². The highest BCUT2D eigenvalue weighted by atomic mass is 16.5. The summed E-state index contributed by atoms with van der Waals surface area (Å²) in [7, 11) is 5.57. The lowest BCUT2D eigenvalue weighted by Gasteiger charge is -2.11. The van der Waals surface area contributed by atoms with Crippen LogP contribution in [0.25, 0.3) is 11.3 Å². The Morgan fingerprint density at radius 3 is 2.76 bits per heavy atom. The standard InChI is InChI=1S/C13H17N3O/c1-14-9-10-8-11(17-3)4-5-12(10)13-6-7-15-16(13)2/h4-8,14H,9H2,1-3H3. The van der Waals surface area contributed by atoms with Crippen molar-refractivity contribution in [3.63, 3.8) is 0 Å². The molecule has 4 nitrogen and oxygen atoms in total. The molecule has 1 aromatic heterocycles. The number of nitrogens with one attached hydrogen (secondary N) is 1. The van der Waals surface area contributed by atoms with Crippen LogP contribution in [0, 0.1) is 0 Å². The first-order valence-electron chi connectivity index (χ1n) is 5.56. The van der Waals surface area contributed by atoms with Gasteiger partial charge in [-0.3, -0.25) is 4.68 Å². The van der Waals surface area contributed by atoms with Crippen molar-refractivity contribution >= 4 is 0 Å². The van der Waals surface area contributed by atoms with Crippen LogP contribution in [0.1, 0.15) is 5.56 Å². The first-order chi connectivity index (χ1) is 8.26. The van der Waals surface area contributed by atoms with Gasteiger partial charge in [0, 0.05) is 25.4 Å². The van der Waals surface area contributed by atoms with Crippen LogP contribution in [0.5, 0.6) is 5.75 Å². The average molecular weight is 231 g/mol. The molecule has 0 saturated heterocycles. The van der Waals surface area contributed by atoms with Crippen LogP contribution in [-0.2, 0) is 13.6 Å². The lowest BCUT2D eigenvalue weighted by Crippen LogP contribution is -2.07. The SMILES string of the molecule is CNCc1cc(OC)ccc1-c1ccnn1C. The van der Waals surface area contributed by atoms with E-state index in [1.807, 2.05) is 37.1 Å². The molecule has 0 radical (unpaired) electrons. The van der Waals surface area contributed by atoms with Gasteiger partial charge in [0.15, 0.2) is 0 Å². The molecule has 2 aromatic rings. The molecule has 2 rings (SSSR count). The summed E-state index contributed by atoms with van der Waals surface area (Å²) < 4.78 is 7.13. The predicted octanol–water partition coefficient (Wildman–Crippen LogP) is 1.82. The van der Waals surface area contributed by atoms with E-state index in [-0.39, 0.29) is 0 Å². The fraction of sp³-hybridized carbons (Fsp3) is 0.308. The fourth-order valence-corrected chi connectivity index (χ4v) is 1.92. The van der Waals surface area contributed by atoms with Crippen LogP contribution < -0.4 is 10.1 Å². The highest BCUT2D eigenvalue weighted by Gasteiger charge is 2.09. The fourth-order valence-electron chi connectivity index (χ4n) is 1.92. The minimum atomic E-state index is 0.803. The van der Waals surface area contributed by atoms with Gasteiger partial charge < -0.3 is 10.1 Å². The summed E-state index contributed by atoms with van der Waals surface area (Å²) in [4.78, 5) is 0. The molecule has 0 saturated carbocycles. The van der Waals surface area contributed by atoms with E-state index >= 15 is 0 Å². The van der Waals surface area contributed by atoms with Crippen molar-refractivity contribution < 1.29 is 4.74 Å². The number of ether oxygens (including phenoxy) is 1. The molecule has 1 heterocycles. The molecule has 17 heavy (non-hydrogen) atoms. The van der Waals surface area contributed by atoms with Gasteiger partial charge in [-0.15, -0.1) is 0 Å². The smallest absolute Gasteiger partial charge is 0.119 e. The first kappa shape index (κ1) is 11.7. The Morgan fingerprint density at radius 2 is 2.18 bits per heavy atom. The maximum atomic E-state index is 5.25. The Labute approximate surface area is 101 Å². The number of nitrogens with zero attached hydrogens (tertiary/aromatic N) is 2. The summed E-state index contributed by atoms with van der Waals surface area (Å²) in [5.41, 5.74) is 3.49. The lowest BCUT2D eigenvalue weighted by molar-refractivity contribution is 0.414. The molecule has 1 aromatic carbocycles. The zero-order valence-corrected chi connectivity index (χ0v) is 10.4. The third kappa shape index (κ3) is 2.31. The van der Waals surface area contributed by atoms with Gasteiger partial charge in [0.1, 0.15) is 5.75 Å². The predicted molar refractivity (Wildman–Crippen MR) is 68.0 cm³/mol. The van der Waals surface area contributed by atoms with E-state index in [0.29, 0.717) is 0 Å². The Bertz CT molecular complexity index is 505. The van der Waals surface area contributed by atoms with Crippen molar-refractivity contribution in [1.29, 1.82) is 0 Å². The highest BCUT2D eigenvalue weighted by Crippen LogP contribution is 2.26. The number of rotatable bonds is 4. The lowest BCUT2D eigenvalue weighted by atomic mass is 10.0. The molecule has 0 spiro atoms. The Hall–Kier alpha value is -1.81. The number of hydrogen-bond donors (Lipinski definition) is 1. The first-order valence-corrected chi connectivity index (χ1v) is 5.56. The van der Waals surface area contributed by atoms with Gasteiger partial charge in [0.05, 0.1) is 12.8 Å². The van der Waals surface area contributed by atoms with Crippen molar-refractivity contribution in [2.24, 2.45) is 7.05 Å². The monoisotopic (exact) mass is 231 g/mol. The maximum Gasteiger partial charge on any atom is 0.119 e. The number of methoxy groups -OCH3 is 1. The maximum absolute atomic E-state index is 5.25. The van der Waals surface area contributed by atoms with Crippen molar-refractivity contribution in [3.05, 3.63) is 36.0 Å². The molecule has 0 fully saturated rings. The van der Waals surface area contributed by atoms with Gasteiger partial charge in [-0.25, -0.2) is 0 Å². The zero-order chi connectivity index (χ0) is 12.3. The van der Waals surface area contributed by atoms with Crippen molar-refractivity contribution in [3.8, 4) is 17.0 Å². The van der Waals surface area contributed by atoms with Crippen LogP contribution >= 0.6 is 0 Å². The Balaban J connectivity index is 2.49. The quantitative estimate of drug-likeness (QED) is 0.872. The normalized spacial score (nSPS) is 10.5. The van der Waals surface area contributed by atoms with E-state index in [9.17, 15) is 0 Å². The van der Waals surface area contributed by atoms with Gasteiger partial charge in [0.2, 0.25) is 0 Å². The zero-order valence-electron chi connectivity index (χ0n) is 10.4. The van der Waals surface area contributed by atoms with Crippen LogP contribution in [0.3, 0.4) is 0 Å². The van der Waals surface area contributed by atoms with Crippen molar-refractivity contribution in [2.75, 3.05) is 14.2 Å². The van der Waals surface area contributed by atoms with E-state index in [0.717, 1.165) is 18.0 Å². The topological polar surface area (TPSA) is 39.1 Å². The summed E-state index contributed by atoms with van der Waals surface area (Å²) in [6.45, 7) is 0.803. The molecule has 0 aliphatic carbocycles. The number of benzene rings is 1. The molecule has 90 valence electrons. The Kier molecular flexibility index (Phi) is 3.44.